The molecule has 3 aromatic rings. The van der Waals surface area contributed by atoms with E-state index in [1.807, 2.05) is 62.4 Å². The Labute approximate surface area is 207 Å². The van der Waals surface area contributed by atoms with E-state index >= 15 is 0 Å². The first kappa shape index (κ1) is 23.6. The molecule has 34 heavy (non-hydrogen) atoms. The van der Waals surface area contributed by atoms with Gasteiger partial charge >= 0.3 is 0 Å². The van der Waals surface area contributed by atoms with E-state index in [1.165, 1.54) is 11.8 Å². The summed E-state index contributed by atoms with van der Waals surface area (Å²) in [6.07, 6.45) is 1.76. The molecule has 2 amide bonds. The summed E-state index contributed by atoms with van der Waals surface area (Å²) in [5.74, 6) is -0.424. The van der Waals surface area contributed by atoms with Gasteiger partial charge in [0, 0.05) is 0 Å². The number of amides is 2. The Morgan fingerprint density at radius 2 is 1.71 bits per heavy atom. The van der Waals surface area contributed by atoms with Crippen LogP contribution < -0.4 is 15.4 Å². The summed E-state index contributed by atoms with van der Waals surface area (Å²) < 4.78 is 5.29. The Morgan fingerprint density at radius 1 is 1.06 bits per heavy atom. The lowest BCUT2D eigenvalue weighted by Gasteiger charge is -2.16. The van der Waals surface area contributed by atoms with E-state index in [-0.39, 0.29) is 12.5 Å². The van der Waals surface area contributed by atoms with Gasteiger partial charge < -0.3 is 10.5 Å². The standard InChI is InChI=1S/C26H22ClN3O3S/c1-16-3-8-19(9-4-16)29-26-30(20-10-5-17(2)6-11-20)25(32)23(34-26)14-18-7-12-22(21(27)13-18)33-15-24(28)31/h3-14H,15H2,1-2H3,(H2,28,31)/b23-14-,29-26?. The highest BCUT2D eigenvalue weighted by atomic mass is 35.5. The highest BCUT2D eigenvalue weighted by Crippen LogP contribution is 2.38. The number of hydrogen-bond donors (Lipinski definition) is 1. The van der Waals surface area contributed by atoms with Crippen molar-refractivity contribution in [3.63, 3.8) is 0 Å². The summed E-state index contributed by atoms with van der Waals surface area (Å²) in [6.45, 7) is 3.75. The summed E-state index contributed by atoms with van der Waals surface area (Å²) in [5.41, 5.74) is 9.57. The Morgan fingerprint density at radius 3 is 2.32 bits per heavy atom. The molecule has 8 heteroatoms. The van der Waals surface area contributed by atoms with Gasteiger partial charge in [-0.05, 0) is 73.6 Å². The number of halogens is 1. The minimum Gasteiger partial charge on any atom is -0.482 e. The molecule has 4 rings (SSSR count). The zero-order chi connectivity index (χ0) is 24.2. The fourth-order valence-electron chi connectivity index (χ4n) is 3.22. The zero-order valence-corrected chi connectivity index (χ0v) is 20.2. The van der Waals surface area contributed by atoms with Crippen LogP contribution in [0, 0.1) is 13.8 Å². The van der Waals surface area contributed by atoms with Gasteiger partial charge in [0.2, 0.25) is 0 Å². The second-order valence-corrected chi connectivity index (χ2v) is 9.18. The molecule has 1 saturated heterocycles. The molecule has 3 aromatic carbocycles. The molecule has 0 saturated carbocycles. The Bertz CT molecular complexity index is 1300. The maximum Gasteiger partial charge on any atom is 0.271 e. The molecule has 0 radical (unpaired) electrons. The molecule has 0 spiro atoms. The lowest BCUT2D eigenvalue weighted by molar-refractivity contribution is -0.120. The summed E-state index contributed by atoms with van der Waals surface area (Å²) in [4.78, 5) is 31.2. The van der Waals surface area contributed by atoms with Crippen molar-refractivity contribution in [2.75, 3.05) is 11.5 Å². The van der Waals surface area contributed by atoms with E-state index in [4.69, 9.17) is 27.1 Å². The van der Waals surface area contributed by atoms with E-state index in [2.05, 4.69) is 0 Å². The minimum atomic E-state index is -0.591. The van der Waals surface area contributed by atoms with Crippen molar-refractivity contribution in [1.29, 1.82) is 0 Å². The number of ether oxygens (including phenoxy) is 1. The number of nitrogens with two attached hydrogens (primary N) is 1. The third-order valence-corrected chi connectivity index (χ3v) is 6.25. The molecular weight excluding hydrogens is 470 g/mol. The quantitative estimate of drug-likeness (QED) is 0.453. The molecule has 0 unspecified atom stereocenters. The summed E-state index contributed by atoms with van der Waals surface area (Å²) in [5, 5.41) is 0.881. The largest absolute Gasteiger partial charge is 0.482 e. The van der Waals surface area contributed by atoms with Crippen LogP contribution in [0.1, 0.15) is 16.7 Å². The Balaban J connectivity index is 1.68. The summed E-state index contributed by atoms with van der Waals surface area (Å²) >= 11 is 7.59. The molecule has 0 aromatic heterocycles. The van der Waals surface area contributed by atoms with Gasteiger partial charge in [-0.2, -0.15) is 0 Å². The number of amidine groups is 1. The number of carbonyl (C=O) groups excluding carboxylic acids is 2. The molecule has 172 valence electrons. The summed E-state index contributed by atoms with van der Waals surface area (Å²) in [6, 6.07) is 20.6. The van der Waals surface area contributed by atoms with Crippen molar-refractivity contribution in [2.45, 2.75) is 13.8 Å². The number of rotatable bonds is 6. The smallest absolute Gasteiger partial charge is 0.271 e. The van der Waals surface area contributed by atoms with Crippen LogP contribution in [0.25, 0.3) is 6.08 Å². The molecule has 0 atom stereocenters. The first-order chi connectivity index (χ1) is 16.3. The second kappa shape index (κ2) is 10.2. The topological polar surface area (TPSA) is 85.0 Å². The molecule has 0 bridgehead atoms. The Kier molecular flexibility index (Phi) is 7.05. The number of carbonyl (C=O) groups is 2. The average Bonchev–Trinajstić information content (AvgIpc) is 3.10. The fraction of sp³-hybridized carbons (Fsp3) is 0.115. The highest BCUT2D eigenvalue weighted by Gasteiger charge is 2.34. The predicted octanol–water partition coefficient (Wildman–Crippen LogP) is 5.63. The lowest BCUT2D eigenvalue weighted by atomic mass is 10.2. The van der Waals surface area contributed by atoms with Crippen molar-refractivity contribution in [3.05, 3.63) is 93.3 Å². The van der Waals surface area contributed by atoms with Gasteiger partial charge in [-0.1, -0.05) is 53.1 Å². The van der Waals surface area contributed by atoms with Crippen LogP contribution in [0.3, 0.4) is 0 Å². The van der Waals surface area contributed by atoms with Crippen LogP contribution in [0.15, 0.2) is 76.6 Å². The highest BCUT2D eigenvalue weighted by molar-refractivity contribution is 8.19. The monoisotopic (exact) mass is 491 g/mol. The molecule has 1 aliphatic heterocycles. The Hall–Kier alpha value is -3.55. The number of primary amides is 1. The van der Waals surface area contributed by atoms with Crippen LogP contribution >= 0.6 is 23.4 Å². The summed E-state index contributed by atoms with van der Waals surface area (Å²) in [7, 11) is 0. The predicted molar refractivity (Wildman–Crippen MR) is 139 cm³/mol. The first-order valence-corrected chi connectivity index (χ1v) is 11.7. The number of hydrogen-bond acceptors (Lipinski definition) is 5. The molecule has 1 fully saturated rings. The van der Waals surface area contributed by atoms with Gasteiger partial charge in [0.1, 0.15) is 5.75 Å². The first-order valence-electron chi connectivity index (χ1n) is 10.5. The van der Waals surface area contributed by atoms with E-state index in [0.717, 1.165) is 22.5 Å². The number of anilines is 1. The maximum absolute atomic E-state index is 13.4. The third-order valence-electron chi connectivity index (χ3n) is 4.98. The van der Waals surface area contributed by atoms with Gasteiger partial charge in [-0.25, -0.2) is 4.99 Å². The van der Waals surface area contributed by atoms with Crippen molar-refractivity contribution in [3.8, 4) is 5.75 Å². The number of aliphatic imine (C=N–C) groups is 1. The maximum atomic E-state index is 13.4. The number of aryl methyl sites for hydroxylation is 2. The van der Waals surface area contributed by atoms with E-state index in [1.54, 1.807) is 29.2 Å². The van der Waals surface area contributed by atoms with Gasteiger partial charge in [0.25, 0.3) is 11.8 Å². The molecule has 0 aliphatic carbocycles. The van der Waals surface area contributed by atoms with Gasteiger partial charge in [0.15, 0.2) is 11.8 Å². The van der Waals surface area contributed by atoms with Gasteiger partial charge in [-0.3, -0.25) is 14.5 Å². The fourth-order valence-corrected chi connectivity index (χ4v) is 4.47. The van der Waals surface area contributed by atoms with Crippen LogP contribution in [0.4, 0.5) is 11.4 Å². The molecular formula is C26H22ClN3O3S. The van der Waals surface area contributed by atoms with Crippen LogP contribution in [-0.2, 0) is 9.59 Å². The van der Waals surface area contributed by atoms with Crippen molar-refractivity contribution in [2.24, 2.45) is 10.7 Å². The van der Waals surface area contributed by atoms with Gasteiger partial charge in [0.05, 0.1) is 21.3 Å². The third kappa shape index (κ3) is 5.50. The van der Waals surface area contributed by atoms with Crippen molar-refractivity contribution in [1.82, 2.24) is 0 Å². The van der Waals surface area contributed by atoms with Crippen molar-refractivity contribution >= 4 is 57.8 Å². The molecule has 2 N–H and O–H groups in total. The molecule has 1 aliphatic rings. The van der Waals surface area contributed by atoms with Crippen LogP contribution in [0.5, 0.6) is 5.75 Å². The van der Waals surface area contributed by atoms with Gasteiger partial charge in [-0.15, -0.1) is 0 Å². The lowest BCUT2D eigenvalue weighted by Crippen LogP contribution is -2.28. The number of thioether (sulfide) groups is 1. The van der Waals surface area contributed by atoms with Crippen molar-refractivity contribution < 1.29 is 14.3 Å². The molecule has 1 heterocycles. The van der Waals surface area contributed by atoms with Crippen LogP contribution in [0.2, 0.25) is 5.02 Å². The van der Waals surface area contributed by atoms with E-state index < -0.39 is 5.91 Å². The van der Waals surface area contributed by atoms with E-state index in [9.17, 15) is 9.59 Å². The second-order valence-electron chi connectivity index (χ2n) is 7.76. The van der Waals surface area contributed by atoms with E-state index in [0.29, 0.717) is 26.4 Å². The number of nitrogens with zero attached hydrogens (tertiary/aromatic N) is 2. The normalized spacial score (nSPS) is 15.9. The SMILES string of the molecule is Cc1ccc(N=C2S/C(=C\c3ccc(OCC(N)=O)c(Cl)c3)C(=O)N2c2ccc(C)cc2)cc1. The molecule has 6 nitrogen and oxygen atoms in total. The minimum absolute atomic E-state index is 0.176. The van der Waals surface area contributed by atoms with Crippen LogP contribution in [-0.4, -0.2) is 23.6 Å². The number of benzene rings is 3. The zero-order valence-electron chi connectivity index (χ0n) is 18.6. The average molecular weight is 492 g/mol.